The monoisotopic (exact) mass is 340 g/mol. The Bertz CT molecular complexity index is 540. The van der Waals surface area contributed by atoms with Crippen LogP contribution in [0.1, 0.15) is 38.0 Å². The third-order valence-corrected chi connectivity index (χ3v) is 4.13. The molecule has 4 nitrogen and oxygen atoms in total. The molecule has 2 aromatic heterocycles. The first-order valence-electron chi connectivity index (χ1n) is 6.23. The third kappa shape index (κ3) is 3.73. The summed E-state index contributed by atoms with van der Waals surface area (Å²) in [4.78, 5) is 13.3. The highest BCUT2D eigenvalue weighted by Gasteiger charge is 2.23. The molecule has 6 heteroatoms. The standard InChI is InChI=1S/C13H17BrN4S/c1-4-5-10-16-9(14)8-11(17-10)18-13(2,3)12-15-6-7-19-12/h6-8H,4-5H2,1-3H3,(H,16,17,18). The van der Waals surface area contributed by atoms with Crippen LogP contribution in [-0.2, 0) is 12.0 Å². The summed E-state index contributed by atoms with van der Waals surface area (Å²) in [6.45, 7) is 6.32. The molecule has 0 saturated heterocycles. The van der Waals surface area contributed by atoms with E-state index in [1.165, 1.54) is 0 Å². The van der Waals surface area contributed by atoms with E-state index in [4.69, 9.17) is 0 Å². The van der Waals surface area contributed by atoms with Gasteiger partial charge in [-0.3, -0.25) is 0 Å². The summed E-state index contributed by atoms with van der Waals surface area (Å²) >= 11 is 5.07. The highest BCUT2D eigenvalue weighted by atomic mass is 79.9. The van der Waals surface area contributed by atoms with Crippen molar-refractivity contribution >= 4 is 33.1 Å². The molecule has 0 radical (unpaired) electrons. The van der Waals surface area contributed by atoms with Gasteiger partial charge < -0.3 is 5.32 Å². The molecular formula is C13H17BrN4S. The predicted molar refractivity (Wildman–Crippen MR) is 82.5 cm³/mol. The highest BCUT2D eigenvalue weighted by molar-refractivity contribution is 9.10. The van der Waals surface area contributed by atoms with Crippen LogP contribution in [-0.4, -0.2) is 15.0 Å². The first kappa shape index (κ1) is 14.4. The second-order valence-electron chi connectivity index (χ2n) is 4.83. The fraction of sp³-hybridized carbons (Fsp3) is 0.462. The summed E-state index contributed by atoms with van der Waals surface area (Å²) in [6.07, 6.45) is 3.74. The van der Waals surface area contributed by atoms with Crippen molar-refractivity contribution in [3.63, 3.8) is 0 Å². The molecule has 0 spiro atoms. The second-order valence-corrected chi connectivity index (χ2v) is 6.54. The van der Waals surface area contributed by atoms with Crippen molar-refractivity contribution in [1.82, 2.24) is 15.0 Å². The summed E-state index contributed by atoms with van der Waals surface area (Å²) in [5.74, 6) is 1.68. The van der Waals surface area contributed by atoms with Crippen LogP contribution in [0.2, 0.25) is 0 Å². The van der Waals surface area contributed by atoms with Crippen LogP contribution >= 0.6 is 27.3 Å². The van der Waals surface area contributed by atoms with Gasteiger partial charge in [0.2, 0.25) is 0 Å². The lowest BCUT2D eigenvalue weighted by Crippen LogP contribution is -2.28. The average molecular weight is 341 g/mol. The van der Waals surface area contributed by atoms with Crippen molar-refractivity contribution in [2.75, 3.05) is 5.32 Å². The van der Waals surface area contributed by atoms with Gasteiger partial charge in [-0.05, 0) is 36.2 Å². The molecule has 0 aromatic carbocycles. The predicted octanol–water partition coefficient (Wildman–Crippen LogP) is 4.00. The lowest BCUT2D eigenvalue weighted by molar-refractivity contribution is 0.599. The number of hydrogen-bond acceptors (Lipinski definition) is 5. The van der Waals surface area contributed by atoms with Crippen LogP contribution in [0.15, 0.2) is 22.2 Å². The van der Waals surface area contributed by atoms with E-state index in [1.807, 2.05) is 17.6 Å². The average Bonchev–Trinajstić information content (AvgIpc) is 2.81. The van der Waals surface area contributed by atoms with Crippen molar-refractivity contribution in [2.45, 2.75) is 39.2 Å². The van der Waals surface area contributed by atoms with Gasteiger partial charge in [0.15, 0.2) is 0 Å². The molecule has 102 valence electrons. The minimum absolute atomic E-state index is 0.245. The Morgan fingerprint density at radius 1 is 1.37 bits per heavy atom. The van der Waals surface area contributed by atoms with Crippen molar-refractivity contribution in [1.29, 1.82) is 0 Å². The molecule has 0 fully saturated rings. The van der Waals surface area contributed by atoms with Crippen molar-refractivity contribution < 1.29 is 0 Å². The Morgan fingerprint density at radius 2 is 2.16 bits per heavy atom. The molecule has 2 rings (SSSR count). The second kappa shape index (κ2) is 5.96. The maximum Gasteiger partial charge on any atom is 0.132 e. The number of nitrogens with zero attached hydrogens (tertiary/aromatic N) is 3. The van der Waals surface area contributed by atoms with Crippen molar-refractivity contribution in [2.24, 2.45) is 0 Å². The molecule has 0 amide bonds. The van der Waals surface area contributed by atoms with E-state index in [9.17, 15) is 0 Å². The maximum absolute atomic E-state index is 4.54. The Kier molecular flexibility index (Phi) is 4.52. The van der Waals surface area contributed by atoms with Gasteiger partial charge in [0.05, 0.1) is 5.54 Å². The molecule has 0 unspecified atom stereocenters. The number of hydrogen-bond donors (Lipinski definition) is 1. The van der Waals surface area contributed by atoms with Crippen LogP contribution in [0.3, 0.4) is 0 Å². The van der Waals surface area contributed by atoms with Crippen LogP contribution < -0.4 is 5.32 Å². The normalized spacial score (nSPS) is 11.6. The van der Waals surface area contributed by atoms with Gasteiger partial charge in [-0.25, -0.2) is 15.0 Å². The topological polar surface area (TPSA) is 50.7 Å². The van der Waals surface area contributed by atoms with Gasteiger partial charge in [0.25, 0.3) is 0 Å². The summed E-state index contributed by atoms with van der Waals surface area (Å²) in [5, 5.41) is 6.45. The fourth-order valence-electron chi connectivity index (χ4n) is 1.77. The molecule has 0 aliphatic heterocycles. The van der Waals surface area contributed by atoms with Crippen LogP contribution in [0.25, 0.3) is 0 Å². The molecule has 0 aliphatic carbocycles. The smallest absolute Gasteiger partial charge is 0.132 e. The lowest BCUT2D eigenvalue weighted by atomic mass is 10.1. The minimum atomic E-state index is -0.245. The first-order valence-corrected chi connectivity index (χ1v) is 7.90. The van der Waals surface area contributed by atoms with E-state index < -0.39 is 0 Å². The van der Waals surface area contributed by atoms with Crippen molar-refractivity contribution in [3.8, 4) is 0 Å². The number of aryl methyl sites for hydroxylation is 1. The number of thiazole rings is 1. The molecule has 0 atom stereocenters. The number of aromatic nitrogens is 3. The summed E-state index contributed by atoms with van der Waals surface area (Å²) < 4.78 is 0.809. The molecule has 1 N–H and O–H groups in total. The SMILES string of the molecule is CCCc1nc(Br)cc(NC(C)(C)c2nccs2)n1. The molecule has 2 heterocycles. The fourth-order valence-corrected chi connectivity index (χ4v) is 2.91. The zero-order valence-electron chi connectivity index (χ0n) is 11.3. The quantitative estimate of drug-likeness (QED) is 0.836. The number of nitrogens with one attached hydrogen (secondary N) is 1. The lowest BCUT2D eigenvalue weighted by Gasteiger charge is -2.24. The van der Waals surface area contributed by atoms with E-state index >= 15 is 0 Å². The minimum Gasteiger partial charge on any atom is -0.359 e. The van der Waals surface area contributed by atoms with E-state index in [1.54, 1.807) is 11.3 Å². The molecule has 0 bridgehead atoms. The Balaban J connectivity index is 2.23. The zero-order chi connectivity index (χ0) is 13.9. The van der Waals surface area contributed by atoms with Gasteiger partial charge in [0.1, 0.15) is 21.3 Å². The highest BCUT2D eigenvalue weighted by Crippen LogP contribution is 2.27. The molecule has 2 aromatic rings. The summed E-state index contributed by atoms with van der Waals surface area (Å²) in [7, 11) is 0. The largest absolute Gasteiger partial charge is 0.359 e. The van der Waals surface area contributed by atoms with Gasteiger partial charge in [-0.15, -0.1) is 11.3 Å². The number of halogens is 1. The van der Waals surface area contributed by atoms with Crippen LogP contribution in [0.5, 0.6) is 0 Å². The summed E-state index contributed by atoms with van der Waals surface area (Å²) in [6, 6.07) is 1.90. The van der Waals surface area contributed by atoms with E-state index in [2.05, 4.69) is 57.0 Å². The van der Waals surface area contributed by atoms with E-state index in [0.717, 1.165) is 34.1 Å². The Morgan fingerprint density at radius 3 is 2.79 bits per heavy atom. The first-order chi connectivity index (χ1) is 9.01. The Labute approximate surface area is 125 Å². The van der Waals surface area contributed by atoms with E-state index in [-0.39, 0.29) is 5.54 Å². The molecule has 19 heavy (non-hydrogen) atoms. The van der Waals surface area contributed by atoms with Crippen LogP contribution in [0, 0.1) is 0 Å². The van der Waals surface area contributed by atoms with Gasteiger partial charge in [-0.1, -0.05) is 6.92 Å². The van der Waals surface area contributed by atoms with E-state index in [0.29, 0.717) is 0 Å². The zero-order valence-corrected chi connectivity index (χ0v) is 13.7. The third-order valence-electron chi connectivity index (χ3n) is 2.62. The summed E-state index contributed by atoms with van der Waals surface area (Å²) in [5.41, 5.74) is -0.245. The Hall–Kier alpha value is -1.01. The number of anilines is 1. The molecule has 0 saturated carbocycles. The number of rotatable bonds is 5. The van der Waals surface area contributed by atoms with Crippen molar-refractivity contribution in [3.05, 3.63) is 33.1 Å². The maximum atomic E-state index is 4.54. The van der Waals surface area contributed by atoms with Gasteiger partial charge >= 0.3 is 0 Å². The van der Waals surface area contributed by atoms with Gasteiger partial charge in [-0.2, -0.15) is 0 Å². The molecular weight excluding hydrogens is 324 g/mol. The van der Waals surface area contributed by atoms with Gasteiger partial charge in [0, 0.05) is 24.1 Å². The van der Waals surface area contributed by atoms with Crippen LogP contribution in [0.4, 0.5) is 5.82 Å². The molecule has 0 aliphatic rings.